The van der Waals surface area contributed by atoms with Gasteiger partial charge in [-0.2, -0.15) is 0 Å². The number of pyridine rings is 1. The Bertz CT molecular complexity index is 713. The molecule has 0 radical (unpaired) electrons. The Morgan fingerprint density at radius 1 is 1.26 bits per heavy atom. The molecular weight excluding hydrogens is 266 g/mol. The minimum absolute atomic E-state index is 0.152. The Balaban J connectivity index is 1.86. The van der Waals surface area contributed by atoms with Gasteiger partial charge >= 0.3 is 0 Å². The van der Waals surface area contributed by atoms with Crippen LogP contribution < -0.4 is 4.74 Å². The van der Waals surface area contributed by atoms with Crippen LogP contribution in [0.1, 0.15) is 0 Å². The Labute approximate surface area is 110 Å². The SMILES string of the molecule is O=S1(=O)CC(O)C(Oc2cnc3ccccc3c2)C1. The Morgan fingerprint density at radius 3 is 2.79 bits per heavy atom. The fraction of sp³-hybridized carbons (Fsp3) is 0.308. The van der Waals surface area contributed by atoms with E-state index in [9.17, 15) is 13.5 Å². The number of fused-ring (bicyclic) bond motifs is 1. The highest BCUT2D eigenvalue weighted by Crippen LogP contribution is 2.22. The number of aliphatic hydroxyl groups excluding tert-OH is 1. The van der Waals surface area contributed by atoms with Gasteiger partial charge in [-0.3, -0.25) is 4.98 Å². The van der Waals surface area contributed by atoms with Crippen LogP contribution >= 0.6 is 0 Å². The lowest BCUT2D eigenvalue weighted by atomic mass is 10.2. The third-order valence-corrected chi connectivity index (χ3v) is 4.81. The minimum Gasteiger partial charge on any atom is -0.485 e. The summed E-state index contributed by atoms with van der Waals surface area (Å²) in [6, 6.07) is 9.36. The van der Waals surface area contributed by atoms with Crippen LogP contribution in [0.15, 0.2) is 36.5 Å². The zero-order chi connectivity index (χ0) is 13.5. The molecule has 1 aromatic carbocycles. The average molecular weight is 279 g/mol. The molecule has 2 unspecified atom stereocenters. The Hall–Kier alpha value is -1.66. The van der Waals surface area contributed by atoms with Crippen LogP contribution in [0.4, 0.5) is 0 Å². The van der Waals surface area contributed by atoms with Gasteiger partial charge in [-0.1, -0.05) is 18.2 Å². The summed E-state index contributed by atoms with van der Waals surface area (Å²) >= 11 is 0. The van der Waals surface area contributed by atoms with Crippen molar-refractivity contribution in [3.63, 3.8) is 0 Å². The zero-order valence-corrected chi connectivity index (χ0v) is 10.9. The van der Waals surface area contributed by atoms with Gasteiger partial charge in [0.05, 0.1) is 23.2 Å². The van der Waals surface area contributed by atoms with Crippen molar-refractivity contribution in [1.82, 2.24) is 4.98 Å². The van der Waals surface area contributed by atoms with Crippen molar-refractivity contribution in [2.45, 2.75) is 12.2 Å². The van der Waals surface area contributed by atoms with Gasteiger partial charge in [0.25, 0.3) is 0 Å². The topological polar surface area (TPSA) is 76.5 Å². The molecule has 0 aliphatic carbocycles. The highest BCUT2D eigenvalue weighted by Gasteiger charge is 2.38. The van der Waals surface area contributed by atoms with Gasteiger partial charge in [0.1, 0.15) is 18.0 Å². The number of hydrogen-bond acceptors (Lipinski definition) is 5. The largest absolute Gasteiger partial charge is 0.485 e. The predicted octanol–water partition coefficient (Wildman–Crippen LogP) is 0.771. The first-order valence-electron chi connectivity index (χ1n) is 5.93. The van der Waals surface area contributed by atoms with Crippen molar-refractivity contribution in [2.75, 3.05) is 11.5 Å². The van der Waals surface area contributed by atoms with Crippen LogP contribution in [0.3, 0.4) is 0 Å². The molecule has 1 aromatic heterocycles. The summed E-state index contributed by atoms with van der Waals surface area (Å²) in [5, 5.41) is 10.6. The number of aromatic nitrogens is 1. The highest BCUT2D eigenvalue weighted by molar-refractivity contribution is 7.91. The molecule has 1 N–H and O–H groups in total. The summed E-state index contributed by atoms with van der Waals surface area (Å²) in [5.74, 6) is 0.0829. The molecule has 1 aliphatic rings. The van der Waals surface area contributed by atoms with Gasteiger partial charge in [0, 0.05) is 5.39 Å². The van der Waals surface area contributed by atoms with Crippen molar-refractivity contribution in [1.29, 1.82) is 0 Å². The van der Waals surface area contributed by atoms with Crippen molar-refractivity contribution in [3.8, 4) is 5.75 Å². The number of aliphatic hydroxyl groups is 1. The first-order chi connectivity index (χ1) is 9.03. The molecule has 5 nitrogen and oxygen atoms in total. The van der Waals surface area contributed by atoms with E-state index in [1.165, 1.54) is 0 Å². The maximum absolute atomic E-state index is 11.4. The van der Waals surface area contributed by atoms with E-state index in [-0.39, 0.29) is 11.5 Å². The average Bonchev–Trinajstić information content (AvgIpc) is 2.62. The van der Waals surface area contributed by atoms with E-state index < -0.39 is 22.0 Å². The summed E-state index contributed by atoms with van der Waals surface area (Å²) in [5.41, 5.74) is 0.842. The first kappa shape index (κ1) is 12.4. The molecule has 2 atom stereocenters. The van der Waals surface area contributed by atoms with E-state index in [4.69, 9.17) is 4.74 Å². The number of para-hydroxylation sites is 1. The van der Waals surface area contributed by atoms with E-state index in [1.54, 1.807) is 12.3 Å². The molecule has 0 amide bonds. The van der Waals surface area contributed by atoms with Crippen LogP contribution in [-0.4, -0.2) is 42.2 Å². The number of sulfone groups is 1. The quantitative estimate of drug-likeness (QED) is 0.878. The number of hydrogen-bond donors (Lipinski definition) is 1. The van der Waals surface area contributed by atoms with Crippen LogP contribution in [0.2, 0.25) is 0 Å². The van der Waals surface area contributed by atoms with Crippen molar-refractivity contribution >= 4 is 20.7 Å². The molecule has 1 aliphatic heterocycles. The molecule has 2 aromatic rings. The molecule has 100 valence electrons. The molecular formula is C13H13NO4S. The van der Waals surface area contributed by atoms with Crippen molar-refractivity contribution in [2.24, 2.45) is 0 Å². The summed E-state index contributed by atoms with van der Waals surface area (Å²) in [7, 11) is -3.20. The smallest absolute Gasteiger partial charge is 0.156 e. The minimum atomic E-state index is -3.20. The second-order valence-corrected chi connectivity index (χ2v) is 6.82. The second kappa shape index (κ2) is 4.47. The Morgan fingerprint density at radius 2 is 2.05 bits per heavy atom. The lowest BCUT2D eigenvalue weighted by Crippen LogP contribution is -2.29. The lowest BCUT2D eigenvalue weighted by Gasteiger charge is -2.15. The normalized spacial score (nSPS) is 25.5. The molecule has 0 spiro atoms. The standard InChI is InChI=1S/C13H13NO4S/c15-12-7-19(16,17)8-13(12)18-10-5-9-3-1-2-4-11(9)14-6-10/h1-6,12-13,15H,7-8H2. The lowest BCUT2D eigenvalue weighted by molar-refractivity contribution is 0.0737. The first-order valence-corrected chi connectivity index (χ1v) is 7.76. The fourth-order valence-electron chi connectivity index (χ4n) is 2.20. The van der Waals surface area contributed by atoms with E-state index in [2.05, 4.69) is 4.98 Å². The maximum atomic E-state index is 11.4. The van der Waals surface area contributed by atoms with E-state index in [1.807, 2.05) is 24.3 Å². The fourth-order valence-corrected chi connectivity index (χ4v) is 3.86. The van der Waals surface area contributed by atoms with E-state index in [0.717, 1.165) is 10.9 Å². The molecule has 1 saturated heterocycles. The summed E-state index contributed by atoms with van der Waals surface area (Å²) in [6.07, 6.45) is -0.149. The predicted molar refractivity (Wildman–Crippen MR) is 70.8 cm³/mol. The van der Waals surface area contributed by atoms with E-state index in [0.29, 0.717) is 5.75 Å². The third-order valence-electron chi connectivity index (χ3n) is 3.12. The number of ether oxygens (including phenoxy) is 1. The molecule has 0 saturated carbocycles. The van der Waals surface area contributed by atoms with Crippen LogP contribution in [0.25, 0.3) is 10.9 Å². The van der Waals surface area contributed by atoms with Crippen LogP contribution in [0.5, 0.6) is 5.75 Å². The molecule has 1 fully saturated rings. The molecule has 6 heteroatoms. The summed E-state index contributed by atoms with van der Waals surface area (Å²) in [4.78, 5) is 4.23. The van der Waals surface area contributed by atoms with Crippen molar-refractivity contribution < 1.29 is 18.3 Å². The summed E-state index contributed by atoms with van der Waals surface area (Å²) < 4.78 is 28.3. The molecule has 3 rings (SSSR count). The van der Waals surface area contributed by atoms with Gasteiger partial charge in [0.2, 0.25) is 0 Å². The van der Waals surface area contributed by atoms with Gasteiger partial charge in [-0.15, -0.1) is 0 Å². The van der Waals surface area contributed by atoms with Gasteiger partial charge in [0.15, 0.2) is 9.84 Å². The van der Waals surface area contributed by atoms with Crippen molar-refractivity contribution in [3.05, 3.63) is 36.5 Å². The van der Waals surface area contributed by atoms with Crippen LogP contribution in [0, 0.1) is 0 Å². The monoisotopic (exact) mass is 279 g/mol. The van der Waals surface area contributed by atoms with E-state index >= 15 is 0 Å². The number of benzene rings is 1. The number of rotatable bonds is 2. The van der Waals surface area contributed by atoms with Crippen LogP contribution in [-0.2, 0) is 9.84 Å². The maximum Gasteiger partial charge on any atom is 0.156 e. The van der Waals surface area contributed by atoms with Gasteiger partial charge in [-0.05, 0) is 12.1 Å². The molecule has 0 bridgehead atoms. The molecule has 19 heavy (non-hydrogen) atoms. The zero-order valence-electron chi connectivity index (χ0n) is 10.1. The van der Waals surface area contributed by atoms with Gasteiger partial charge in [-0.25, -0.2) is 8.42 Å². The van der Waals surface area contributed by atoms with Gasteiger partial charge < -0.3 is 9.84 Å². The number of nitrogens with zero attached hydrogens (tertiary/aromatic N) is 1. The molecule has 2 heterocycles. The highest BCUT2D eigenvalue weighted by atomic mass is 32.2. The second-order valence-electron chi connectivity index (χ2n) is 4.66. The summed E-state index contributed by atoms with van der Waals surface area (Å²) in [6.45, 7) is 0. The third kappa shape index (κ3) is 2.54. The Kier molecular flexibility index (Phi) is 2.91.